The summed E-state index contributed by atoms with van der Waals surface area (Å²) >= 11 is 0. The molecule has 0 unspecified atom stereocenters. The Hall–Kier alpha value is -4.26. The van der Waals surface area contributed by atoms with Crippen molar-refractivity contribution in [2.24, 2.45) is 4.99 Å². The van der Waals surface area contributed by atoms with E-state index < -0.39 is 4.92 Å². The van der Waals surface area contributed by atoms with Gasteiger partial charge in [0.05, 0.1) is 16.2 Å². The molecule has 3 aromatic carbocycles. The Morgan fingerprint density at radius 3 is 2.06 bits per heavy atom. The van der Waals surface area contributed by atoms with E-state index in [0.717, 1.165) is 6.42 Å². The number of H-pyrrole nitrogens is 1. The zero-order chi connectivity index (χ0) is 24.1. The van der Waals surface area contributed by atoms with E-state index in [1.165, 1.54) is 27.9 Å². The second-order valence-electron chi connectivity index (χ2n) is 8.16. The van der Waals surface area contributed by atoms with Crippen molar-refractivity contribution in [3.05, 3.63) is 128 Å². The SMILES string of the molecule is CC(=NCCC(c1ccccc1)c1ccccc1)c1c(C)[nH]n(-c2ccc([N+](=O)[O-])cc2)c1=O. The van der Waals surface area contributed by atoms with Gasteiger partial charge in [0.1, 0.15) is 0 Å². The van der Waals surface area contributed by atoms with Gasteiger partial charge >= 0.3 is 0 Å². The van der Waals surface area contributed by atoms with Gasteiger partial charge in [-0.2, -0.15) is 0 Å². The molecule has 34 heavy (non-hydrogen) atoms. The molecule has 172 valence electrons. The number of non-ortho nitro benzene ring substituents is 1. The molecule has 1 aromatic heterocycles. The molecule has 0 fully saturated rings. The molecule has 0 saturated carbocycles. The number of nitro benzene ring substituents is 1. The number of aromatic nitrogens is 2. The summed E-state index contributed by atoms with van der Waals surface area (Å²) < 4.78 is 1.39. The molecule has 0 bridgehead atoms. The molecule has 4 aromatic rings. The maximum absolute atomic E-state index is 13.1. The number of aryl methyl sites for hydroxylation is 1. The highest BCUT2D eigenvalue weighted by Crippen LogP contribution is 2.28. The third-order valence-corrected chi connectivity index (χ3v) is 5.92. The lowest BCUT2D eigenvalue weighted by atomic mass is 9.88. The third kappa shape index (κ3) is 4.88. The molecule has 0 aliphatic carbocycles. The Labute approximate surface area is 197 Å². The molecule has 0 radical (unpaired) electrons. The molecule has 4 rings (SSSR count). The minimum absolute atomic E-state index is 0.0237. The molecule has 0 amide bonds. The van der Waals surface area contributed by atoms with Crippen LogP contribution in [0.25, 0.3) is 5.69 Å². The first kappa shape index (κ1) is 22.9. The van der Waals surface area contributed by atoms with Gasteiger partial charge in [-0.25, -0.2) is 4.68 Å². The summed E-state index contributed by atoms with van der Waals surface area (Å²) in [4.78, 5) is 28.3. The van der Waals surface area contributed by atoms with Crippen LogP contribution in [0.4, 0.5) is 5.69 Å². The van der Waals surface area contributed by atoms with Gasteiger partial charge in [0.2, 0.25) is 0 Å². The van der Waals surface area contributed by atoms with E-state index in [9.17, 15) is 14.9 Å². The number of hydrogen-bond donors (Lipinski definition) is 1. The maximum atomic E-state index is 13.1. The quantitative estimate of drug-likeness (QED) is 0.219. The molecular weight excluding hydrogens is 428 g/mol. The monoisotopic (exact) mass is 454 g/mol. The van der Waals surface area contributed by atoms with Crippen LogP contribution in [0.3, 0.4) is 0 Å². The Kier molecular flexibility index (Phi) is 6.82. The van der Waals surface area contributed by atoms with Crippen LogP contribution >= 0.6 is 0 Å². The molecule has 1 N–H and O–H groups in total. The lowest BCUT2D eigenvalue weighted by Gasteiger charge is -2.17. The van der Waals surface area contributed by atoms with Crippen molar-refractivity contribution in [3.63, 3.8) is 0 Å². The third-order valence-electron chi connectivity index (χ3n) is 5.92. The van der Waals surface area contributed by atoms with Crippen molar-refractivity contribution in [1.29, 1.82) is 0 Å². The Balaban J connectivity index is 1.56. The number of nitrogens with one attached hydrogen (secondary N) is 1. The predicted octanol–water partition coefficient (Wildman–Crippen LogP) is 5.41. The Morgan fingerprint density at radius 1 is 0.971 bits per heavy atom. The number of hydrogen-bond acceptors (Lipinski definition) is 4. The zero-order valence-corrected chi connectivity index (χ0v) is 19.1. The first-order chi connectivity index (χ1) is 16.5. The second kappa shape index (κ2) is 10.1. The summed E-state index contributed by atoms with van der Waals surface area (Å²) in [6, 6.07) is 26.6. The molecule has 0 aliphatic rings. The summed E-state index contributed by atoms with van der Waals surface area (Å²) in [5.74, 6) is 0.211. The van der Waals surface area contributed by atoms with E-state index in [4.69, 9.17) is 4.99 Å². The van der Waals surface area contributed by atoms with Crippen molar-refractivity contribution in [2.75, 3.05) is 6.54 Å². The van der Waals surface area contributed by atoms with E-state index >= 15 is 0 Å². The lowest BCUT2D eigenvalue weighted by Crippen LogP contribution is -2.20. The van der Waals surface area contributed by atoms with Crippen molar-refractivity contribution >= 4 is 11.4 Å². The van der Waals surface area contributed by atoms with Crippen molar-refractivity contribution in [3.8, 4) is 5.69 Å². The van der Waals surface area contributed by atoms with Crippen LogP contribution in [0.15, 0.2) is 94.7 Å². The average Bonchev–Trinajstić information content (AvgIpc) is 3.16. The van der Waals surface area contributed by atoms with Crippen LogP contribution in [-0.4, -0.2) is 27.0 Å². The molecule has 0 spiro atoms. The topological polar surface area (TPSA) is 93.3 Å². The van der Waals surface area contributed by atoms with E-state index in [2.05, 4.69) is 29.4 Å². The standard InChI is InChI=1S/C27H26N4O3/c1-19(26-20(2)29-30(27(26)32)23-13-15-24(16-14-23)31(33)34)28-18-17-25(21-9-5-3-6-10-21)22-11-7-4-8-12-22/h3-16,25,29H,17-18H2,1-2H3. The number of rotatable bonds is 8. The normalized spacial score (nSPS) is 11.7. The molecule has 0 saturated heterocycles. The largest absolute Gasteiger partial charge is 0.295 e. The summed E-state index contributed by atoms with van der Waals surface area (Å²) in [6.07, 6.45) is 0.811. The molecule has 1 heterocycles. The molecule has 7 nitrogen and oxygen atoms in total. The van der Waals surface area contributed by atoms with Gasteiger partial charge in [-0.15, -0.1) is 0 Å². The highest BCUT2D eigenvalue weighted by atomic mass is 16.6. The van der Waals surface area contributed by atoms with Crippen molar-refractivity contribution in [2.45, 2.75) is 26.2 Å². The lowest BCUT2D eigenvalue weighted by molar-refractivity contribution is -0.384. The van der Waals surface area contributed by atoms with Crippen molar-refractivity contribution < 1.29 is 4.92 Å². The van der Waals surface area contributed by atoms with Crippen LogP contribution in [0.5, 0.6) is 0 Å². The van der Waals surface area contributed by atoms with Gasteiger partial charge in [0, 0.05) is 36.0 Å². The Bertz CT molecular complexity index is 1320. The fourth-order valence-electron chi connectivity index (χ4n) is 4.21. The van der Waals surface area contributed by atoms with Gasteiger partial charge in [-0.05, 0) is 43.5 Å². The molecule has 7 heteroatoms. The van der Waals surface area contributed by atoms with Gasteiger partial charge in [0.15, 0.2) is 0 Å². The van der Waals surface area contributed by atoms with Gasteiger partial charge in [-0.1, -0.05) is 60.7 Å². The first-order valence-electron chi connectivity index (χ1n) is 11.1. The van der Waals surface area contributed by atoms with E-state index in [1.807, 2.05) is 50.2 Å². The van der Waals surface area contributed by atoms with Crippen LogP contribution in [0, 0.1) is 17.0 Å². The summed E-state index contributed by atoms with van der Waals surface area (Å²) in [7, 11) is 0. The van der Waals surface area contributed by atoms with Gasteiger partial charge in [0.25, 0.3) is 11.2 Å². The number of aromatic amines is 1. The van der Waals surface area contributed by atoms with Crippen LogP contribution in [0.2, 0.25) is 0 Å². The molecule has 0 atom stereocenters. The first-order valence-corrected chi connectivity index (χ1v) is 11.1. The summed E-state index contributed by atoms with van der Waals surface area (Å²) in [6.45, 7) is 4.24. The second-order valence-corrected chi connectivity index (χ2v) is 8.16. The number of nitrogens with zero attached hydrogens (tertiary/aromatic N) is 3. The predicted molar refractivity (Wildman–Crippen MR) is 134 cm³/mol. The maximum Gasteiger partial charge on any atom is 0.280 e. The highest BCUT2D eigenvalue weighted by molar-refractivity contribution is 5.99. The van der Waals surface area contributed by atoms with E-state index in [0.29, 0.717) is 29.2 Å². The van der Waals surface area contributed by atoms with Crippen LogP contribution < -0.4 is 5.56 Å². The van der Waals surface area contributed by atoms with Crippen LogP contribution in [0.1, 0.15) is 41.6 Å². The smallest absolute Gasteiger partial charge is 0.280 e. The number of benzene rings is 3. The fourth-order valence-corrected chi connectivity index (χ4v) is 4.21. The molecule has 0 aliphatic heterocycles. The van der Waals surface area contributed by atoms with Crippen molar-refractivity contribution in [1.82, 2.24) is 9.78 Å². The van der Waals surface area contributed by atoms with Crippen LogP contribution in [-0.2, 0) is 0 Å². The Morgan fingerprint density at radius 2 is 1.53 bits per heavy atom. The van der Waals surface area contributed by atoms with Gasteiger partial charge in [-0.3, -0.25) is 25.0 Å². The summed E-state index contributed by atoms with van der Waals surface area (Å²) in [5, 5.41) is 14.0. The van der Waals surface area contributed by atoms with E-state index in [1.54, 1.807) is 12.1 Å². The fraction of sp³-hybridized carbons (Fsp3) is 0.185. The average molecular weight is 455 g/mol. The minimum atomic E-state index is -0.465. The highest BCUT2D eigenvalue weighted by Gasteiger charge is 2.17. The van der Waals surface area contributed by atoms with Gasteiger partial charge < -0.3 is 0 Å². The summed E-state index contributed by atoms with van der Waals surface area (Å²) in [5.41, 5.74) is 4.64. The number of aliphatic imine (C=N–C) groups is 1. The molecular formula is C27H26N4O3. The minimum Gasteiger partial charge on any atom is -0.295 e. The number of nitro groups is 1. The zero-order valence-electron chi connectivity index (χ0n) is 19.1. The van der Waals surface area contributed by atoms with E-state index in [-0.39, 0.29) is 17.2 Å².